The van der Waals surface area contributed by atoms with Crippen LogP contribution in [0.4, 0.5) is 11.6 Å². The van der Waals surface area contributed by atoms with Gasteiger partial charge in [0.2, 0.25) is 5.95 Å². The van der Waals surface area contributed by atoms with Gasteiger partial charge in [-0.2, -0.15) is 10.1 Å². The van der Waals surface area contributed by atoms with E-state index in [0.717, 1.165) is 46.3 Å². The lowest BCUT2D eigenvalue weighted by molar-refractivity contribution is 0.174. The van der Waals surface area contributed by atoms with E-state index in [1.807, 2.05) is 25.3 Å². The van der Waals surface area contributed by atoms with Gasteiger partial charge in [-0.25, -0.2) is 9.67 Å². The molecule has 2 N–H and O–H groups in total. The van der Waals surface area contributed by atoms with Crippen LogP contribution in [0.2, 0.25) is 0 Å². The van der Waals surface area contributed by atoms with Crippen LogP contribution in [0.15, 0.2) is 41.1 Å². The molecule has 0 bridgehead atoms. The van der Waals surface area contributed by atoms with Crippen molar-refractivity contribution in [1.82, 2.24) is 29.2 Å². The summed E-state index contributed by atoms with van der Waals surface area (Å²) in [5.41, 5.74) is 5.38. The number of aromatic nitrogens is 5. The van der Waals surface area contributed by atoms with E-state index in [0.29, 0.717) is 18.3 Å². The van der Waals surface area contributed by atoms with Crippen molar-refractivity contribution in [2.45, 2.75) is 32.9 Å². The Hall–Kier alpha value is -2.75. The first kappa shape index (κ1) is 21.1. The number of benzene rings is 1. The number of aliphatic hydroxyl groups is 1. The van der Waals surface area contributed by atoms with Gasteiger partial charge >= 0.3 is 0 Å². The highest BCUT2D eigenvalue weighted by atomic mass is 79.9. The molecule has 5 rings (SSSR count). The summed E-state index contributed by atoms with van der Waals surface area (Å²) in [5, 5.41) is 18.9. The molecule has 32 heavy (non-hydrogen) atoms. The van der Waals surface area contributed by atoms with Crippen molar-refractivity contribution in [3.8, 4) is 5.82 Å². The average molecular weight is 496 g/mol. The maximum atomic E-state index is 9.78. The minimum atomic E-state index is -0.222. The van der Waals surface area contributed by atoms with Crippen LogP contribution in [-0.2, 0) is 13.6 Å². The second-order valence-corrected chi connectivity index (χ2v) is 9.21. The fraction of sp³-hybridized carbons (Fsp3) is 0.348. The van der Waals surface area contributed by atoms with E-state index in [1.54, 1.807) is 10.9 Å². The van der Waals surface area contributed by atoms with Gasteiger partial charge in [-0.1, -0.05) is 0 Å². The molecule has 0 radical (unpaired) electrons. The lowest BCUT2D eigenvalue weighted by Crippen LogP contribution is -2.21. The number of aryl methyl sites for hydroxylation is 2. The first-order valence-electron chi connectivity index (χ1n) is 10.7. The van der Waals surface area contributed by atoms with Gasteiger partial charge in [0, 0.05) is 77.5 Å². The van der Waals surface area contributed by atoms with Gasteiger partial charge in [-0.3, -0.25) is 4.90 Å². The summed E-state index contributed by atoms with van der Waals surface area (Å²) in [7, 11) is 2.06. The first-order valence-corrected chi connectivity index (χ1v) is 11.5. The summed E-state index contributed by atoms with van der Waals surface area (Å²) < 4.78 is 5.06. The van der Waals surface area contributed by atoms with Crippen LogP contribution in [0.3, 0.4) is 0 Å². The molecule has 9 heteroatoms. The highest BCUT2D eigenvalue weighted by molar-refractivity contribution is 9.10. The number of anilines is 2. The second-order valence-electron chi connectivity index (χ2n) is 8.42. The molecule has 8 nitrogen and oxygen atoms in total. The number of nitrogens with zero attached hydrogens (tertiary/aromatic N) is 6. The van der Waals surface area contributed by atoms with Crippen LogP contribution in [0.5, 0.6) is 0 Å². The van der Waals surface area contributed by atoms with Crippen molar-refractivity contribution < 1.29 is 5.11 Å². The van der Waals surface area contributed by atoms with Gasteiger partial charge in [0.15, 0.2) is 5.82 Å². The molecule has 3 aromatic heterocycles. The third-order valence-corrected chi connectivity index (χ3v) is 7.19. The number of hydrogen-bond donors (Lipinski definition) is 2. The number of β-amino-alcohol motifs (C(OH)–C–C–N with tert-alkyl or cyclic N) is 1. The van der Waals surface area contributed by atoms with Gasteiger partial charge in [-0.05, 0) is 54.4 Å². The van der Waals surface area contributed by atoms with Crippen molar-refractivity contribution >= 4 is 38.5 Å². The van der Waals surface area contributed by atoms with E-state index in [4.69, 9.17) is 0 Å². The largest absolute Gasteiger partial charge is 0.392 e. The van der Waals surface area contributed by atoms with E-state index >= 15 is 0 Å². The van der Waals surface area contributed by atoms with Crippen LogP contribution in [0, 0.1) is 13.8 Å². The zero-order chi connectivity index (χ0) is 22.4. The summed E-state index contributed by atoms with van der Waals surface area (Å²) in [5.74, 6) is 1.22. The standard InChI is InChI=1S/C23H26BrN7O/c1-14-16(11-30-9-7-18(32)13-30)12-31(28-14)21-6-8-25-23(27-21)26-17-4-5-20-19(10-17)22(24)15(2)29(20)3/h4-6,8,10,12,18,32H,7,9,11,13H2,1-3H3,(H,25,26,27)/t18-/m1/s1. The molecule has 0 amide bonds. The molecule has 1 fully saturated rings. The van der Waals surface area contributed by atoms with E-state index in [1.165, 1.54) is 11.2 Å². The molecule has 1 aromatic carbocycles. The van der Waals surface area contributed by atoms with E-state index in [2.05, 4.69) is 71.9 Å². The number of rotatable bonds is 5. The molecule has 1 aliphatic heterocycles. The van der Waals surface area contributed by atoms with Gasteiger partial charge in [0.1, 0.15) is 0 Å². The minimum Gasteiger partial charge on any atom is -0.392 e. The van der Waals surface area contributed by atoms with E-state index in [-0.39, 0.29) is 6.10 Å². The average Bonchev–Trinajstić information content (AvgIpc) is 3.42. The molecule has 166 valence electrons. The SMILES string of the molecule is Cc1nn(-c2ccnc(Nc3ccc4c(c3)c(Br)c(C)n4C)n2)cc1CN1CC[C@@H](O)C1. The Morgan fingerprint density at radius 2 is 2.09 bits per heavy atom. The number of halogens is 1. The molecule has 0 aliphatic carbocycles. The van der Waals surface area contributed by atoms with Crippen LogP contribution < -0.4 is 5.32 Å². The first-order chi connectivity index (χ1) is 15.4. The van der Waals surface area contributed by atoms with Crippen LogP contribution in [-0.4, -0.2) is 53.5 Å². The Morgan fingerprint density at radius 3 is 2.88 bits per heavy atom. The molecule has 1 aliphatic rings. The van der Waals surface area contributed by atoms with Crippen molar-refractivity contribution in [3.63, 3.8) is 0 Å². The van der Waals surface area contributed by atoms with Gasteiger partial charge in [0.05, 0.1) is 11.8 Å². The Kier molecular flexibility index (Phi) is 5.48. The number of likely N-dealkylation sites (tertiary alicyclic amines) is 1. The van der Waals surface area contributed by atoms with Gasteiger partial charge in [0.25, 0.3) is 0 Å². The Bertz CT molecular complexity index is 1300. The van der Waals surface area contributed by atoms with Gasteiger partial charge in [-0.15, -0.1) is 0 Å². The highest BCUT2D eigenvalue weighted by Gasteiger charge is 2.21. The summed E-state index contributed by atoms with van der Waals surface area (Å²) in [4.78, 5) is 11.3. The fourth-order valence-corrected chi connectivity index (χ4v) is 4.82. The predicted molar refractivity (Wildman–Crippen MR) is 128 cm³/mol. The zero-order valence-electron chi connectivity index (χ0n) is 18.4. The predicted octanol–water partition coefficient (Wildman–Crippen LogP) is 3.84. The Morgan fingerprint density at radius 1 is 1.25 bits per heavy atom. The molecule has 1 atom stereocenters. The summed E-state index contributed by atoms with van der Waals surface area (Å²) in [6, 6.07) is 8.08. The number of aliphatic hydroxyl groups excluding tert-OH is 1. The molecule has 0 saturated carbocycles. The lowest BCUT2D eigenvalue weighted by atomic mass is 10.2. The summed E-state index contributed by atoms with van der Waals surface area (Å²) >= 11 is 3.70. The zero-order valence-corrected chi connectivity index (χ0v) is 20.0. The minimum absolute atomic E-state index is 0.222. The van der Waals surface area contributed by atoms with Crippen LogP contribution in [0.1, 0.15) is 23.4 Å². The summed E-state index contributed by atoms with van der Waals surface area (Å²) in [6.45, 7) is 6.51. The fourth-order valence-electron chi connectivity index (χ4n) is 4.24. The maximum absolute atomic E-state index is 9.78. The lowest BCUT2D eigenvalue weighted by Gasteiger charge is -2.13. The number of hydrogen-bond acceptors (Lipinski definition) is 6. The van der Waals surface area contributed by atoms with Crippen molar-refractivity contribution in [2.24, 2.45) is 7.05 Å². The molecule has 4 aromatic rings. The van der Waals surface area contributed by atoms with E-state index < -0.39 is 0 Å². The quantitative estimate of drug-likeness (QED) is 0.437. The third-order valence-electron chi connectivity index (χ3n) is 6.19. The van der Waals surface area contributed by atoms with Gasteiger partial charge < -0.3 is 15.0 Å². The topological polar surface area (TPSA) is 84.0 Å². The second kappa shape index (κ2) is 8.31. The normalized spacial score (nSPS) is 16.8. The Balaban J connectivity index is 1.38. The molecular formula is C23H26BrN7O. The highest BCUT2D eigenvalue weighted by Crippen LogP contribution is 2.32. The monoisotopic (exact) mass is 495 g/mol. The molecule has 4 heterocycles. The number of nitrogens with one attached hydrogen (secondary N) is 1. The smallest absolute Gasteiger partial charge is 0.229 e. The van der Waals surface area contributed by atoms with Crippen molar-refractivity contribution in [3.05, 3.63) is 58.1 Å². The number of fused-ring (bicyclic) bond motifs is 1. The maximum Gasteiger partial charge on any atom is 0.229 e. The van der Waals surface area contributed by atoms with Crippen LogP contribution >= 0.6 is 15.9 Å². The third kappa shape index (κ3) is 3.92. The Labute approximate surface area is 195 Å². The van der Waals surface area contributed by atoms with Crippen molar-refractivity contribution in [1.29, 1.82) is 0 Å². The van der Waals surface area contributed by atoms with E-state index in [9.17, 15) is 5.11 Å². The van der Waals surface area contributed by atoms with Crippen molar-refractivity contribution in [2.75, 3.05) is 18.4 Å². The molecular weight excluding hydrogens is 470 g/mol. The summed E-state index contributed by atoms with van der Waals surface area (Å²) in [6.07, 6.45) is 4.36. The molecule has 1 saturated heterocycles. The molecule has 0 spiro atoms. The molecule has 0 unspecified atom stereocenters. The van der Waals surface area contributed by atoms with Crippen LogP contribution in [0.25, 0.3) is 16.7 Å².